The van der Waals surface area contributed by atoms with Crippen molar-refractivity contribution in [2.75, 3.05) is 0 Å². The van der Waals surface area contributed by atoms with E-state index in [1.54, 1.807) is 0 Å². The molecule has 0 heteroatoms. The zero-order valence-corrected chi connectivity index (χ0v) is 17.9. The molecule has 0 heterocycles. The van der Waals surface area contributed by atoms with Crippen LogP contribution in [-0.2, 0) is 0 Å². The average Bonchev–Trinajstić information content (AvgIpc) is 2.83. The lowest BCUT2D eigenvalue weighted by Crippen LogP contribution is -2.12. The monoisotopic (exact) mass is 368 g/mol. The zero-order chi connectivity index (χ0) is 17.9. The lowest BCUT2D eigenvalue weighted by atomic mass is 9.82. The van der Waals surface area contributed by atoms with Crippen molar-refractivity contribution in [1.82, 2.24) is 0 Å². The molecule has 0 N–H and O–H groups in total. The molecule has 0 aromatic heterocycles. The van der Waals surface area contributed by atoms with Crippen molar-refractivity contribution in [3.8, 4) is 0 Å². The van der Waals surface area contributed by atoms with Crippen molar-refractivity contribution in [3.05, 3.63) is 0 Å². The van der Waals surface area contributed by atoms with E-state index >= 15 is 0 Å². The van der Waals surface area contributed by atoms with Crippen LogP contribution in [0.25, 0.3) is 0 Å². The van der Waals surface area contributed by atoms with Gasteiger partial charge in [0.1, 0.15) is 0 Å². The van der Waals surface area contributed by atoms with Crippen molar-refractivity contribution in [3.63, 3.8) is 0 Å². The van der Waals surface area contributed by atoms with Crippen molar-refractivity contribution >= 4 is 0 Å². The summed E-state index contributed by atoms with van der Waals surface area (Å²) in [5.74, 6) is 6.02. The fraction of sp³-hybridized carbons (Fsp3) is 1.00. The van der Waals surface area contributed by atoms with Gasteiger partial charge in [-0.1, -0.05) is 133 Å². The first-order chi connectivity index (χ1) is 11.4. The fourth-order valence-corrected chi connectivity index (χ4v) is 4.51. The van der Waals surface area contributed by atoms with Crippen LogP contribution in [0.4, 0.5) is 0 Å². The van der Waals surface area contributed by atoms with Gasteiger partial charge < -0.3 is 0 Å². The minimum Gasteiger partial charge on any atom is -0.0776 e. The third-order valence-corrected chi connectivity index (χ3v) is 7.62. The normalized spacial score (nSPS) is 36.7. The minimum absolute atomic E-state index is 0. The van der Waals surface area contributed by atoms with Gasteiger partial charge in [-0.3, -0.25) is 0 Å². The van der Waals surface area contributed by atoms with Gasteiger partial charge in [0.05, 0.1) is 0 Å². The number of rotatable bonds is 0. The highest BCUT2D eigenvalue weighted by molar-refractivity contribution is 4.69. The van der Waals surface area contributed by atoms with Crippen LogP contribution < -0.4 is 0 Å². The molecule has 0 spiro atoms. The van der Waals surface area contributed by atoms with Crippen LogP contribution in [-0.4, -0.2) is 0 Å². The van der Waals surface area contributed by atoms with E-state index < -0.39 is 0 Å². The molecule has 3 fully saturated rings. The molecule has 0 saturated heterocycles. The van der Waals surface area contributed by atoms with Crippen molar-refractivity contribution in [2.24, 2.45) is 35.5 Å². The quantitative estimate of drug-likeness (QED) is 0.373. The lowest BCUT2D eigenvalue weighted by Gasteiger charge is -2.24. The molecule has 6 atom stereocenters. The van der Waals surface area contributed by atoms with Crippen LogP contribution in [0.5, 0.6) is 0 Å². The molecule has 3 aliphatic rings. The molecule has 3 saturated carbocycles. The van der Waals surface area contributed by atoms with Gasteiger partial charge in [-0.2, -0.15) is 0 Å². The second-order valence-corrected chi connectivity index (χ2v) is 9.72. The third-order valence-electron chi connectivity index (χ3n) is 7.62. The highest BCUT2D eigenvalue weighted by Crippen LogP contribution is 2.30. The molecule has 0 aliphatic heterocycles. The van der Waals surface area contributed by atoms with Crippen molar-refractivity contribution in [1.29, 1.82) is 0 Å². The van der Waals surface area contributed by atoms with Crippen LogP contribution in [0.1, 0.15) is 133 Å². The van der Waals surface area contributed by atoms with Gasteiger partial charge in [0, 0.05) is 0 Å². The zero-order valence-electron chi connectivity index (χ0n) is 17.9. The Kier molecular flexibility index (Phi) is 17.4. The summed E-state index contributed by atoms with van der Waals surface area (Å²) >= 11 is 0. The highest BCUT2D eigenvalue weighted by Gasteiger charge is 2.17. The van der Waals surface area contributed by atoms with Gasteiger partial charge in [-0.15, -0.1) is 0 Å². The van der Waals surface area contributed by atoms with Crippen LogP contribution in [0.2, 0.25) is 0 Å². The van der Waals surface area contributed by atoms with Gasteiger partial charge in [0.25, 0.3) is 0 Å². The summed E-state index contributed by atoms with van der Waals surface area (Å²) < 4.78 is 0. The summed E-state index contributed by atoms with van der Waals surface area (Å²) in [5, 5.41) is 0. The second kappa shape index (κ2) is 16.0. The highest BCUT2D eigenvalue weighted by atomic mass is 14.2. The van der Waals surface area contributed by atoms with Crippen LogP contribution in [0.3, 0.4) is 0 Å². The predicted octanol–water partition coefficient (Wildman–Crippen LogP) is 9.77. The average molecular weight is 369 g/mol. The standard InChI is InChI=1S/C9H18.C8H16.C7H14.2CH4/c1-8-6-4-3-5-7-9(8)2;1-7-5-3-4-6-8(7)2;1-6-4-3-5-7(6)2;;/h8-9H,3-7H2,1-2H3;7-8H,3-6H2,1-2H3;6-7H,3-5H2,1-2H3;2*1H4. The van der Waals surface area contributed by atoms with Crippen LogP contribution in [0.15, 0.2) is 0 Å². The van der Waals surface area contributed by atoms with Gasteiger partial charge in [0.15, 0.2) is 0 Å². The Hall–Kier alpha value is 0. The molecule has 0 bridgehead atoms. The van der Waals surface area contributed by atoms with E-state index in [1.165, 1.54) is 77.0 Å². The van der Waals surface area contributed by atoms with E-state index in [0.717, 1.165) is 35.5 Å². The summed E-state index contributed by atoms with van der Waals surface area (Å²) in [4.78, 5) is 0. The maximum atomic E-state index is 2.40. The van der Waals surface area contributed by atoms with E-state index in [0.29, 0.717) is 0 Å². The first kappa shape index (κ1) is 28.2. The molecule has 0 amide bonds. The molecule has 0 radical (unpaired) electrons. The first-order valence-electron chi connectivity index (χ1n) is 11.4. The maximum Gasteiger partial charge on any atom is -0.0417 e. The molecular weight excluding hydrogens is 312 g/mol. The van der Waals surface area contributed by atoms with Crippen LogP contribution >= 0.6 is 0 Å². The van der Waals surface area contributed by atoms with E-state index in [9.17, 15) is 0 Å². The molecule has 26 heavy (non-hydrogen) atoms. The van der Waals surface area contributed by atoms with Gasteiger partial charge >= 0.3 is 0 Å². The molecule has 0 aromatic carbocycles. The van der Waals surface area contributed by atoms with Gasteiger partial charge in [-0.25, -0.2) is 0 Å². The largest absolute Gasteiger partial charge is 0.0776 e. The van der Waals surface area contributed by atoms with Crippen LogP contribution in [0, 0.1) is 35.5 Å². The molecule has 0 nitrogen and oxygen atoms in total. The Morgan fingerprint density at radius 3 is 0.731 bits per heavy atom. The maximum absolute atomic E-state index is 2.40. The summed E-state index contributed by atoms with van der Waals surface area (Å²) in [7, 11) is 0. The molecule has 6 unspecified atom stereocenters. The Morgan fingerprint density at radius 2 is 0.500 bits per heavy atom. The lowest BCUT2D eigenvalue weighted by molar-refractivity contribution is 0.277. The Morgan fingerprint density at radius 1 is 0.308 bits per heavy atom. The first-order valence-corrected chi connectivity index (χ1v) is 11.4. The number of hydrogen-bond donors (Lipinski definition) is 0. The van der Waals surface area contributed by atoms with Crippen molar-refractivity contribution in [2.45, 2.75) is 133 Å². The minimum atomic E-state index is 0. The molecule has 3 aliphatic carbocycles. The Balaban J connectivity index is 0. The molecular formula is C26H56. The van der Waals surface area contributed by atoms with E-state index in [2.05, 4.69) is 41.5 Å². The Labute approximate surface area is 169 Å². The summed E-state index contributed by atoms with van der Waals surface area (Å²) in [6.07, 6.45) is 17.7. The predicted molar refractivity (Wildman–Crippen MR) is 124 cm³/mol. The summed E-state index contributed by atoms with van der Waals surface area (Å²) in [6, 6.07) is 0. The summed E-state index contributed by atoms with van der Waals surface area (Å²) in [6.45, 7) is 14.3. The summed E-state index contributed by atoms with van der Waals surface area (Å²) in [5.41, 5.74) is 0. The topological polar surface area (TPSA) is 0 Å². The third kappa shape index (κ3) is 11.7. The molecule has 0 aromatic rings. The number of hydrogen-bond acceptors (Lipinski definition) is 0. The molecule has 160 valence electrons. The fourth-order valence-electron chi connectivity index (χ4n) is 4.51. The van der Waals surface area contributed by atoms with Gasteiger partial charge in [-0.05, 0) is 35.5 Å². The van der Waals surface area contributed by atoms with E-state index in [4.69, 9.17) is 0 Å². The van der Waals surface area contributed by atoms with E-state index in [-0.39, 0.29) is 14.9 Å². The Bertz CT molecular complexity index is 266. The molecule has 3 rings (SSSR count). The SMILES string of the molecule is C.C.CC1CCCC1C.CC1CCCCC1C.CC1CCCCCC1C. The van der Waals surface area contributed by atoms with Gasteiger partial charge in [0.2, 0.25) is 0 Å². The van der Waals surface area contributed by atoms with E-state index in [1.807, 2.05) is 0 Å². The van der Waals surface area contributed by atoms with Crippen molar-refractivity contribution < 1.29 is 0 Å². The second-order valence-electron chi connectivity index (χ2n) is 9.72. The smallest absolute Gasteiger partial charge is 0.0417 e.